The molecule has 1 fully saturated rings. The molecular formula is C16H27N7O4+2. The molecule has 0 radical (unpaired) electrons. The summed E-state index contributed by atoms with van der Waals surface area (Å²) >= 11 is 0. The first-order valence-corrected chi connectivity index (χ1v) is 9.05. The van der Waals surface area contributed by atoms with Crippen molar-refractivity contribution in [1.82, 2.24) is 18.7 Å². The number of aryl methyl sites for hydroxylation is 1. The highest BCUT2D eigenvalue weighted by atomic mass is 16.3. The molecule has 148 valence electrons. The number of nitrogens with two attached hydrogens (primary N) is 1. The van der Waals surface area contributed by atoms with Crippen LogP contribution in [0.5, 0.6) is 0 Å². The van der Waals surface area contributed by atoms with E-state index in [0.29, 0.717) is 12.4 Å². The van der Waals surface area contributed by atoms with Gasteiger partial charge in [0.25, 0.3) is 5.56 Å². The van der Waals surface area contributed by atoms with Gasteiger partial charge < -0.3 is 25.2 Å². The predicted molar refractivity (Wildman–Crippen MR) is 96.5 cm³/mol. The molecular weight excluding hydrogens is 354 g/mol. The Morgan fingerprint density at radius 2 is 1.78 bits per heavy atom. The largest absolute Gasteiger partial charge is 0.391 e. The maximum absolute atomic E-state index is 12.6. The summed E-state index contributed by atoms with van der Waals surface area (Å²) in [5, 5.41) is 9.07. The number of hydrogen-bond acceptors (Lipinski definition) is 5. The first kappa shape index (κ1) is 19.3. The summed E-state index contributed by atoms with van der Waals surface area (Å²) in [7, 11) is 2.96. The van der Waals surface area contributed by atoms with Crippen LogP contribution < -0.4 is 26.8 Å². The van der Waals surface area contributed by atoms with E-state index in [1.165, 1.54) is 21.4 Å². The minimum absolute atomic E-state index is 0.158. The highest BCUT2D eigenvalue weighted by Crippen LogP contribution is 2.10. The zero-order chi connectivity index (χ0) is 19.7. The summed E-state index contributed by atoms with van der Waals surface area (Å²) in [6.07, 6.45) is 0. The molecule has 5 N–H and O–H groups in total. The van der Waals surface area contributed by atoms with Crippen molar-refractivity contribution in [3.8, 4) is 0 Å². The summed E-state index contributed by atoms with van der Waals surface area (Å²) in [5.74, 6) is 0.00127. The number of rotatable bonds is 6. The van der Waals surface area contributed by atoms with Crippen LogP contribution in [0.25, 0.3) is 11.2 Å². The number of amides is 1. The van der Waals surface area contributed by atoms with Gasteiger partial charge in [0.2, 0.25) is 5.91 Å². The van der Waals surface area contributed by atoms with Crippen molar-refractivity contribution in [2.75, 3.05) is 39.3 Å². The second-order valence-electron chi connectivity index (χ2n) is 7.11. The number of primary amides is 1. The zero-order valence-electron chi connectivity index (χ0n) is 15.7. The third kappa shape index (κ3) is 3.66. The normalized spacial score (nSPS) is 20.3. The lowest BCUT2D eigenvalue weighted by atomic mass is 10.3. The standard InChI is InChI=1S/C16H25N7O4/c1-19-14-13(15(26)20(2)16(19)27)23(9-11(17)25)12(18-14)10-22-5-3-21(4-6-22)7-8-24/h24H,3-10H2,1-2H3,(H2,17,25)/p+2. The molecule has 0 atom stereocenters. The number of aliphatic hydroxyl groups is 1. The van der Waals surface area contributed by atoms with Crippen molar-refractivity contribution in [1.29, 1.82) is 0 Å². The number of aromatic nitrogens is 4. The molecule has 0 unspecified atom stereocenters. The molecule has 0 spiro atoms. The number of fused-ring (bicyclic) bond motifs is 1. The van der Waals surface area contributed by atoms with Crippen molar-refractivity contribution in [2.24, 2.45) is 19.8 Å². The van der Waals surface area contributed by atoms with Crippen LogP contribution in [0.3, 0.4) is 0 Å². The van der Waals surface area contributed by atoms with Gasteiger partial charge in [0.05, 0.1) is 6.61 Å². The van der Waals surface area contributed by atoms with Crippen molar-refractivity contribution >= 4 is 17.1 Å². The topological polar surface area (TPSA) is 134 Å². The average molecular weight is 381 g/mol. The van der Waals surface area contributed by atoms with Crippen molar-refractivity contribution in [2.45, 2.75) is 13.1 Å². The molecule has 2 aromatic heterocycles. The Morgan fingerprint density at radius 3 is 2.37 bits per heavy atom. The van der Waals surface area contributed by atoms with Crippen molar-refractivity contribution in [3.05, 3.63) is 26.7 Å². The smallest absolute Gasteiger partial charge is 0.332 e. The van der Waals surface area contributed by atoms with Crippen LogP contribution in [0.15, 0.2) is 9.59 Å². The van der Waals surface area contributed by atoms with E-state index >= 15 is 0 Å². The van der Waals surface area contributed by atoms with Crippen LogP contribution in [0.4, 0.5) is 0 Å². The highest BCUT2D eigenvalue weighted by Gasteiger charge is 2.26. The monoisotopic (exact) mass is 381 g/mol. The molecule has 1 amide bonds. The summed E-state index contributed by atoms with van der Waals surface area (Å²) < 4.78 is 3.87. The molecule has 0 saturated carbocycles. The molecule has 0 aromatic carbocycles. The second kappa shape index (κ2) is 7.62. The van der Waals surface area contributed by atoms with Gasteiger partial charge in [-0.1, -0.05) is 0 Å². The molecule has 3 heterocycles. The van der Waals surface area contributed by atoms with Gasteiger partial charge in [-0.25, -0.2) is 9.78 Å². The maximum Gasteiger partial charge on any atom is 0.332 e. The van der Waals surface area contributed by atoms with E-state index in [9.17, 15) is 14.4 Å². The van der Waals surface area contributed by atoms with E-state index in [1.54, 1.807) is 11.6 Å². The van der Waals surface area contributed by atoms with E-state index in [-0.39, 0.29) is 24.3 Å². The van der Waals surface area contributed by atoms with E-state index in [4.69, 9.17) is 10.8 Å². The Kier molecular flexibility index (Phi) is 5.44. The summed E-state index contributed by atoms with van der Waals surface area (Å²) in [6.45, 7) is 4.96. The van der Waals surface area contributed by atoms with Gasteiger partial charge in [0.1, 0.15) is 45.8 Å². The highest BCUT2D eigenvalue weighted by molar-refractivity contribution is 5.78. The summed E-state index contributed by atoms with van der Waals surface area (Å²) in [5.41, 5.74) is 4.92. The van der Waals surface area contributed by atoms with E-state index < -0.39 is 17.2 Å². The van der Waals surface area contributed by atoms with Gasteiger partial charge >= 0.3 is 5.69 Å². The Bertz CT molecular complexity index is 966. The number of nitrogens with one attached hydrogen (secondary N) is 2. The molecule has 11 nitrogen and oxygen atoms in total. The van der Waals surface area contributed by atoms with Gasteiger partial charge in [0.15, 0.2) is 17.0 Å². The molecule has 3 rings (SSSR count). The first-order chi connectivity index (χ1) is 12.8. The Balaban J connectivity index is 1.99. The van der Waals surface area contributed by atoms with E-state index in [2.05, 4.69) is 4.98 Å². The fraction of sp³-hybridized carbons (Fsp3) is 0.625. The predicted octanol–water partition coefficient (Wildman–Crippen LogP) is -5.81. The Labute approximate surface area is 155 Å². The molecule has 1 aliphatic heterocycles. The SMILES string of the molecule is Cn1c(=O)c2c(nc(C[NH+]3CC[NH+](CCO)CC3)n2CC(N)=O)n(C)c1=O. The zero-order valence-corrected chi connectivity index (χ0v) is 15.7. The van der Waals surface area contributed by atoms with Crippen LogP contribution in [0.2, 0.25) is 0 Å². The fourth-order valence-corrected chi connectivity index (χ4v) is 3.72. The van der Waals surface area contributed by atoms with E-state index in [0.717, 1.165) is 37.3 Å². The van der Waals surface area contributed by atoms with Gasteiger partial charge in [-0.2, -0.15) is 0 Å². The van der Waals surface area contributed by atoms with Crippen LogP contribution in [-0.4, -0.2) is 69.0 Å². The number of hydrogen-bond donors (Lipinski definition) is 4. The number of piperazine rings is 1. The number of nitrogens with zero attached hydrogens (tertiary/aromatic N) is 4. The van der Waals surface area contributed by atoms with Crippen LogP contribution in [0, 0.1) is 0 Å². The lowest BCUT2D eigenvalue weighted by Gasteiger charge is -2.29. The molecule has 2 aromatic rings. The van der Waals surface area contributed by atoms with Crippen molar-refractivity contribution in [3.63, 3.8) is 0 Å². The van der Waals surface area contributed by atoms with E-state index in [1.807, 2.05) is 0 Å². The average Bonchev–Trinajstić information content (AvgIpc) is 2.97. The molecule has 0 bridgehead atoms. The molecule has 27 heavy (non-hydrogen) atoms. The minimum Gasteiger partial charge on any atom is -0.391 e. The van der Waals surface area contributed by atoms with Gasteiger partial charge in [-0.05, 0) is 0 Å². The quantitative estimate of drug-likeness (QED) is 0.396. The molecule has 1 saturated heterocycles. The summed E-state index contributed by atoms with van der Waals surface area (Å²) in [4.78, 5) is 43.6. The number of aliphatic hydroxyl groups excluding tert-OH is 1. The minimum atomic E-state index is -0.571. The summed E-state index contributed by atoms with van der Waals surface area (Å²) in [6, 6.07) is 0. The van der Waals surface area contributed by atoms with Crippen LogP contribution in [-0.2, 0) is 32.0 Å². The van der Waals surface area contributed by atoms with Crippen LogP contribution in [0.1, 0.15) is 5.82 Å². The maximum atomic E-state index is 12.6. The Hall–Kier alpha value is -2.50. The first-order valence-electron chi connectivity index (χ1n) is 9.05. The second-order valence-corrected chi connectivity index (χ2v) is 7.11. The third-order valence-corrected chi connectivity index (χ3v) is 5.28. The molecule has 11 heteroatoms. The third-order valence-electron chi connectivity index (χ3n) is 5.28. The van der Waals surface area contributed by atoms with Gasteiger partial charge in [-0.3, -0.25) is 18.7 Å². The fourth-order valence-electron chi connectivity index (χ4n) is 3.72. The van der Waals surface area contributed by atoms with Crippen LogP contribution >= 0.6 is 0 Å². The number of quaternary nitrogens is 2. The number of carbonyl (C=O) groups is 1. The molecule has 1 aliphatic rings. The molecule has 0 aliphatic carbocycles. The number of imidazole rings is 1. The van der Waals surface area contributed by atoms with Gasteiger partial charge in [-0.15, -0.1) is 0 Å². The Morgan fingerprint density at radius 1 is 1.15 bits per heavy atom. The van der Waals surface area contributed by atoms with Crippen molar-refractivity contribution < 1.29 is 19.7 Å². The number of carbonyl (C=O) groups excluding carboxylic acids is 1. The van der Waals surface area contributed by atoms with Gasteiger partial charge in [0, 0.05) is 14.1 Å². The lowest BCUT2D eigenvalue weighted by molar-refractivity contribution is -1.02. The lowest BCUT2D eigenvalue weighted by Crippen LogP contribution is -3.27.